The van der Waals surface area contributed by atoms with Crippen molar-refractivity contribution in [3.05, 3.63) is 57.1 Å². The van der Waals surface area contributed by atoms with Crippen LogP contribution in [0.4, 0.5) is 11.4 Å². The van der Waals surface area contributed by atoms with Crippen molar-refractivity contribution in [1.29, 1.82) is 0 Å². The number of nitro benzene ring substituents is 1. The van der Waals surface area contributed by atoms with Gasteiger partial charge in [-0.05, 0) is 18.2 Å². The van der Waals surface area contributed by atoms with E-state index in [0.29, 0.717) is 11.3 Å². The third-order valence-corrected chi connectivity index (χ3v) is 3.04. The van der Waals surface area contributed by atoms with Gasteiger partial charge in [0.05, 0.1) is 4.92 Å². The van der Waals surface area contributed by atoms with Gasteiger partial charge >= 0.3 is 0 Å². The zero-order chi connectivity index (χ0) is 14.7. The summed E-state index contributed by atoms with van der Waals surface area (Å²) in [7, 11) is 0. The third kappa shape index (κ3) is 2.92. The van der Waals surface area contributed by atoms with E-state index < -0.39 is 4.92 Å². The van der Waals surface area contributed by atoms with Crippen molar-refractivity contribution in [2.75, 3.05) is 5.32 Å². The monoisotopic (exact) mass is 294 g/mol. The van der Waals surface area contributed by atoms with E-state index in [1.807, 2.05) is 0 Å². The molecule has 0 spiro atoms. The van der Waals surface area contributed by atoms with Gasteiger partial charge in [0.25, 0.3) is 5.69 Å². The molecule has 0 bridgehead atoms. The van der Waals surface area contributed by atoms with Crippen molar-refractivity contribution < 1.29 is 15.1 Å². The molecule has 2 aromatic carbocycles. The van der Waals surface area contributed by atoms with E-state index in [1.54, 1.807) is 18.2 Å². The van der Waals surface area contributed by atoms with Crippen molar-refractivity contribution in [2.24, 2.45) is 0 Å². The number of rotatable bonds is 4. The second-order valence-corrected chi connectivity index (χ2v) is 4.47. The van der Waals surface area contributed by atoms with Gasteiger partial charge in [0.1, 0.15) is 5.02 Å². The largest absolute Gasteiger partial charge is 0.504 e. The Morgan fingerprint density at radius 3 is 2.70 bits per heavy atom. The average Bonchev–Trinajstić information content (AvgIpc) is 2.41. The summed E-state index contributed by atoms with van der Waals surface area (Å²) >= 11 is 5.71. The summed E-state index contributed by atoms with van der Waals surface area (Å²) < 4.78 is 0. The second kappa shape index (κ2) is 5.66. The number of nitrogens with zero attached hydrogens (tertiary/aromatic N) is 1. The minimum Gasteiger partial charge on any atom is -0.504 e. The Balaban J connectivity index is 2.17. The number of nitro groups is 1. The van der Waals surface area contributed by atoms with Crippen molar-refractivity contribution in [1.82, 2.24) is 0 Å². The SMILES string of the molecule is O=[N+]([O-])c1cc(NCc2cccc(O)c2O)ccc1Cl. The number of para-hydroxylation sites is 1. The van der Waals surface area contributed by atoms with Crippen LogP contribution in [0.25, 0.3) is 0 Å². The van der Waals surface area contributed by atoms with Gasteiger partial charge in [0.15, 0.2) is 11.5 Å². The van der Waals surface area contributed by atoms with Crippen molar-refractivity contribution in [2.45, 2.75) is 6.54 Å². The first-order chi connectivity index (χ1) is 9.49. The average molecular weight is 295 g/mol. The fourth-order valence-electron chi connectivity index (χ4n) is 1.68. The molecule has 0 aliphatic heterocycles. The zero-order valence-electron chi connectivity index (χ0n) is 10.2. The van der Waals surface area contributed by atoms with E-state index in [0.717, 1.165) is 0 Å². The van der Waals surface area contributed by atoms with Gasteiger partial charge in [-0.1, -0.05) is 23.7 Å². The second-order valence-electron chi connectivity index (χ2n) is 4.06. The molecule has 0 fully saturated rings. The van der Waals surface area contributed by atoms with E-state index >= 15 is 0 Å². The minimum atomic E-state index is -0.570. The number of hydrogen-bond donors (Lipinski definition) is 3. The fourth-order valence-corrected chi connectivity index (χ4v) is 1.87. The topological polar surface area (TPSA) is 95.6 Å². The van der Waals surface area contributed by atoms with Crippen LogP contribution in [0.15, 0.2) is 36.4 Å². The van der Waals surface area contributed by atoms with Crippen LogP contribution in [-0.2, 0) is 6.54 Å². The number of phenols is 2. The maximum Gasteiger partial charge on any atom is 0.289 e. The number of hydrogen-bond acceptors (Lipinski definition) is 5. The van der Waals surface area contributed by atoms with Crippen LogP contribution in [0.2, 0.25) is 5.02 Å². The summed E-state index contributed by atoms with van der Waals surface area (Å²) in [4.78, 5) is 10.2. The molecule has 0 radical (unpaired) electrons. The summed E-state index contributed by atoms with van der Waals surface area (Å²) in [5.41, 5.74) is 0.767. The standard InChI is InChI=1S/C13H11ClN2O4/c14-10-5-4-9(6-11(10)16(19)20)15-7-8-2-1-3-12(17)13(8)18/h1-6,15,17-18H,7H2. The number of aromatic hydroxyl groups is 2. The van der Waals surface area contributed by atoms with Gasteiger partial charge in [-0.2, -0.15) is 0 Å². The van der Waals surface area contributed by atoms with Gasteiger partial charge < -0.3 is 15.5 Å². The zero-order valence-corrected chi connectivity index (χ0v) is 11.0. The maximum atomic E-state index is 10.8. The molecule has 20 heavy (non-hydrogen) atoms. The Labute approximate surface area is 119 Å². The molecule has 2 rings (SSSR count). The first kappa shape index (κ1) is 14.0. The minimum absolute atomic E-state index is 0.0563. The molecule has 0 atom stereocenters. The van der Waals surface area contributed by atoms with Crippen LogP contribution in [0.1, 0.15) is 5.56 Å². The van der Waals surface area contributed by atoms with Crippen LogP contribution >= 0.6 is 11.6 Å². The van der Waals surface area contributed by atoms with Crippen molar-refractivity contribution in [3.63, 3.8) is 0 Å². The summed E-state index contributed by atoms with van der Waals surface area (Å²) in [6, 6.07) is 8.91. The van der Waals surface area contributed by atoms with Gasteiger partial charge in [0.2, 0.25) is 0 Å². The smallest absolute Gasteiger partial charge is 0.289 e. The third-order valence-electron chi connectivity index (χ3n) is 2.72. The molecule has 0 saturated carbocycles. The Morgan fingerprint density at radius 1 is 1.25 bits per heavy atom. The van der Waals surface area contributed by atoms with Gasteiger partial charge in [-0.25, -0.2) is 0 Å². The van der Waals surface area contributed by atoms with Crippen molar-refractivity contribution in [3.8, 4) is 11.5 Å². The van der Waals surface area contributed by atoms with Crippen LogP contribution in [0.5, 0.6) is 11.5 Å². The van der Waals surface area contributed by atoms with Gasteiger partial charge in [0, 0.05) is 23.9 Å². The Kier molecular flexibility index (Phi) is 3.95. The molecule has 7 heteroatoms. The predicted molar refractivity (Wildman–Crippen MR) is 75.2 cm³/mol. The summed E-state index contributed by atoms with van der Waals surface area (Å²) in [6.07, 6.45) is 0. The molecule has 0 unspecified atom stereocenters. The number of anilines is 1. The molecular weight excluding hydrogens is 284 g/mol. The normalized spacial score (nSPS) is 10.2. The lowest BCUT2D eigenvalue weighted by Gasteiger charge is -2.09. The molecule has 104 valence electrons. The van der Waals surface area contributed by atoms with Gasteiger partial charge in [-0.15, -0.1) is 0 Å². The molecule has 0 saturated heterocycles. The molecule has 0 aliphatic carbocycles. The van der Waals surface area contributed by atoms with E-state index in [2.05, 4.69) is 5.32 Å². The lowest BCUT2D eigenvalue weighted by Crippen LogP contribution is -2.00. The fraction of sp³-hybridized carbons (Fsp3) is 0.0769. The quantitative estimate of drug-likeness (QED) is 0.457. The molecule has 2 aromatic rings. The van der Waals surface area contributed by atoms with Crippen LogP contribution in [-0.4, -0.2) is 15.1 Å². The number of benzene rings is 2. The highest BCUT2D eigenvalue weighted by atomic mass is 35.5. The molecule has 0 amide bonds. The van der Waals surface area contributed by atoms with E-state index in [-0.39, 0.29) is 28.8 Å². The molecule has 0 heterocycles. The first-order valence-electron chi connectivity index (χ1n) is 5.66. The maximum absolute atomic E-state index is 10.8. The Bertz CT molecular complexity index is 661. The molecule has 0 aliphatic rings. The number of halogens is 1. The van der Waals surface area contributed by atoms with Crippen LogP contribution in [0, 0.1) is 10.1 Å². The number of nitrogens with one attached hydrogen (secondary N) is 1. The molecular formula is C13H11ClN2O4. The summed E-state index contributed by atoms with van der Waals surface area (Å²) in [6.45, 7) is 0.207. The number of phenolic OH excluding ortho intramolecular Hbond substituents is 2. The lowest BCUT2D eigenvalue weighted by molar-refractivity contribution is -0.384. The highest BCUT2D eigenvalue weighted by Crippen LogP contribution is 2.30. The van der Waals surface area contributed by atoms with E-state index in [4.69, 9.17) is 11.6 Å². The van der Waals surface area contributed by atoms with Gasteiger partial charge in [-0.3, -0.25) is 10.1 Å². The van der Waals surface area contributed by atoms with Crippen molar-refractivity contribution >= 4 is 23.0 Å². The lowest BCUT2D eigenvalue weighted by atomic mass is 10.2. The van der Waals surface area contributed by atoms with Crippen LogP contribution in [0.3, 0.4) is 0 Å². The summed E-state index contributed by atoms with van der Waals surface area (Å²) in [5, 5.41) is 32.8. The molecule has 0 aromatic heterocycles. The highest BCUT2D eigenvalue weighted by Gasteiger charge is 2.13. The predicted octanol–water partition coefficient (Wildman–Crippen LogP) is 3.27. The first-order valence-corrected chi connectivity index (χ1v) is 6.04. The molecule has 3 N–H and O–H groups in total. The summed E-state index contributed by atoms with van der Waals surface area (Å²) in [5.74, 6) is -0.435. The Hall–Kier alpha value is -2.47. The Morgan fingerprint density at radius 2 is 2.00 bits per heavy atom. The van der Waals surface area contributed by atoms with Crippen LogP contribution < -0.4 is 5.32 Å². The van der Waals surface area contributed by atoms with E-state index in [9.17, 15) is 20.3 Å². The highest BCUT2D eigenvalue weighted by molar-refractivity contribution is 6.32. The molecule has 6 nitrogen and oxygen atoms in total. The van der Waals surface area contributed by atoms with E-state index in [1.165, 1.54) is 18.2 Å².